The maximum Gasteiger partial charge on any atom is 0.326 e. The summed E-state index contributed by atoms with van der Waals surface area (Å²) in [4.78, 5) is 27.4. The molecule has 1 heterocycles. The van der Waals surface area contributed by atoms with Crippen molar-refractivity contribution >= 4 is 16.9 Å². The van der Waals surface area contributed by atoms with E-state index in [1.165, 1.54) is 6.07 Å². The van der Waals surface area contributed by atoms with Gasteiger partial charge in [0.15, 0.2) is 0 Å². The van der Waals surface area contributed by atoms with E-state index in [0.717, 1.165) is 29.4 Å². The molecule has 1 atom stereocenters. The lowest BCUT2D eigenvalue weighted by atomic mass is 9.89. The Kier molecular flexibility index (Phi) is 5.51. The highest BCUT2D eigenvalue weighted by atomic mass is 19.1. The maximum absolute atomic E-state index is 13.6. The van der Waals surface area contributed by atoms with Gasteiger partial charge in [0.05, 0.1) is 11.0 Å². The van der Waals surface area contributed by atoms with Crippen molar-refractivity contribution in [2.45, 2.75) is 45.1 Å². The van der Waals surface area contributed by atoms with Crippen LogP contribution in [0.25, 0.3) is 11.0 Å². The van der Waals surface area contributed by atoms with Crippen molar-refractivity contribution in [2.24, 2.45) is 5.92 Å². The normalized spacial score (nSPS) is 14.8. The van der Waals surface area contributed by atoms with Gasteiger partial charge in [0.2, 0.25) is 5.91 Å². The number of aromatic nitrogens is 2. The molecule has 1 aliphatic rings. The summed E-state index contributed by atoms with van der Waals surface area (Å²) in [5, 5.41) is 2.98. The quantitative estimate of drug-likeness (QED) is 0.569. The van der Waals surface area contributed by atoms with Crippen LogP contribution in [0.3, 0.4) is 0 Å². The first-order chi connectivity index (χ1) is 14.0. The van der Waals surface area contributed by atoms with Crippen molar-refractivity contribution in [1.29, 1.82) is 0 Å². The summed E-state index contributed by atoms with van der Waals surface area (Å²) >= 11 is 0. The van der Waals surface area contributed by atoms with Crippen molar-refractivity contribution in [2.75, 3.05) is 6.54 Å². The van der Waals surface area contributed by atoms with E-state index in [-0.39, 0.29) is 23.3 Å². The van der Waals surface area contributed by atoms with Crippen LogP contribution in [-0.4, -0.2) is 22.0 Å². The van der Waals surface area contributed by atoms with E-state index in [1.54, 1.807) is 11.5 Å². The zero-order chi connectivity index (χ0) is 20.4. The zero-order valence-electron chi connectivity index (χ0n) is 16.6. The van der Waals surface area contributed by atoms with E-state index in [1.807, 2.05) is 36.4 Å². The molecular formula is C23H26FN3O2. The van der Waals surface area contributed by atoms with Crippen LogP contribution in [0.1, 0.15) is 42.7 Å². The molecule has 2 aromatic carbocycles. The van der Waals surface area contributed by atoms with Gasteiger partial charge in [-0.15, -0.1) is 0 Å². The number of fused-ring (bicyclic) bond motifs is 1. The molecule has 3 aromatic rings. The minimum Gasteiger partial charge on any atom is -0.356 e. The summed E-state index contributed by atoms with van der Waals surface area (Å²) in [5.41, 5.74) is 3.25. The van der Waals surface area contributed by atoms with Gasteiger partial charge in [0.25, 0.3) is 0 Å². The Morgan fingerprint density at radius 1 is 1.28 bits per heavy atom. The highest BCUT2D eigenvalue weighted by molar-refractivity contribution is 5.77. The number of carbonyl (C=O) groups excluding carboxylic acids is 1. The van der Waals surface area contributed by atoms with Crippen LogP contribution in [0.15, 0.2) is 47.3 Å². The van der Waals surface area contributed by atoms with Crippen molar-refractivity contribution < 1.29 is 9.18 Å². The lowest BCUT2D eigenvalue weighted by molar-refractivity contribution is -0.121. The van der Waals surface area contributed by atoms with Gasteiger partial charge in [-0.25, -0.2) is 9.18 Å². The minimum atomic E-state index is -0.208. The molecule has 4 rings (SSSR count). The first kappa shape index (κ1) is 19.4. The van der Waals surface area contributed by atoms with Crippen LogP contribution in [0.2, 0.25) is 0 Å². The molecule has 2 N–H and O–H groups in total. The van der Waals surface area contributed by atoms with E-state index in [4.69, 9.17) is 0 Å². The van der Waals surface area contributed by atoms with E-state index in [2.05, 4.69) is 10.3 Å². The number of aryl methyl sites for hydroxylation is 2. The molecule has 1 amide bonds. The van der Waals surface area contributed by atoms with Crippen LogP contribution in [-0.2, 0) is 11.3 Å². The Morgan fingerprint density at radius 2 is 2.07 bits per heavy atom. The fourth-order valence-electron chi connectivity index (χ4n) is 4.02. The number of aromatic amines is 1. The summed E-state index contributed by atoms with van der Waals surface area (Å²) in [6.07, 6.45) is 3.34. The van der Waals surface area contributed by atoms with Crippen molar-refractivity contribution in [3.63, 3.8) is 0 Å². The summed E-state index contributed by atoms with van der Waals surface area (Å²) in [7, 11) is 0. The summed E-state index contributed by atoms with van der Waals surface area (Å²) < 4.78 is 15.3. The molecule has 29 heavy (non-hydrogen) atoms. The first-order valence-corrected chi connectivity index (χ1v) is 10.2. The van der Waals surface area contributed by atoms with Crippen LogP contribution >= 0.6 is 0 Å². The molecule has 152 valence electrons. The molecule has 0 radical (unpaired) electrons. The first-order valence-electron chi connectivity index (χ1n) is 10.2. The molecule has 0 bridgehead atoms. The number of hydrogen-bond acceptors (Lipinski definition) is 2. The SMILES string of the molecule is Cc1cc(C(CC(=O)NCCCn2c(=O)[nH]c3ccccc32)C2CC2)ccc1F. The van der Waals surface area contributed by atoms with Gasteiger partial charge in [0.1, 0.15) is 5.82 Å². The minimum absolute atomic E-state index is 0.00940. The van der Waals surface area contributed by atoms with E-state index >= 15 is 0 Å². The molecule has 1 unspecified atom stereocenters. The molecular weight excluding hydrogens is 369 g/mol. The van der Waals surface area contributed by atoms with Crippen molar-refractivity contribution in [3.8, 4) is 0 Å². The summed E-state index contributed by atoms with van der Waals surface area (Å²) in [5.74, 6) is 0.455. The Hall–Kier alpha value is -2.89. The van der Waals surface area contributed by atoms with Gasteiger partial charge in [-0.3, -0.25) is 9.36 Å². The summed E-state index contributed by atoms with van der Waals surface area (Å²) in [6, 6.07) is 12.8. The van der Waals surface area contributed by atoms with Crippen LogP contribution in [0, 0.1) is 18.7 Å². The Morgan fingerprint density at radius 3 is 2.83 bits per heavy atom. The number of rotatable bonds is 8. The van der Waals surface area contributed by atoms with E-state index in [0.29, 0.717) is 37.4 Å². The van der Waals surface area contributed by atoms with Crippen molar-refractivity contribution in [1.82, 2.24) is 14.9 Å². The van der Waals surface area contributed by atoms with Gasteiger partial charge >= 0.3 is 5.69 Å². The molecule has 0 spiro atoms. The maximum atomic E-state index is 13.6. The van der Waals surface area contributed by atoms with E-state index < -0.39 is 0 Å². The second-order valence-corrected chi connectivity index (χ2v) is 7.96. The Balaban J connectivity index is 1.31. The van der Waals surface area contributed by atoms with E-state index in [9.17, 15) is 14.0 Å². The number of nitrogens with zero attached hydrogens (tertiary/aromatic N) is 1. The number of nitrogens with one attached hydrogen (secondary N) is 2. The van der Waals surface area contributed by atoms with Crippen LogP contribution in [0.5, 0.6) is 0 Å². The second kappa shape index (κ2) is 8.23. The molecule has 5 nitrogen and oxygen atoms in total. The average Bonchev–Trinajstić information content (AvgIpc) is 3.49. The number of para-hydroxylation sites is 2. The summed E-state index contributed by atoms with van der Waals surface area (Å²) in [6.45, 7) is 2.83. The number of imidazole rings is 1. The highest BCUT2D eigenvalue weighted by Gasteiger charge is 2.33. The topological polar surface area (TPSA) is 66.9 Å². The Labute approximate surface area is 168 Å². The molecule has 1 aromatic heterocycles. The van der Waals surface area contributed by atoms with Crippen LogP contribution in [0.4, 0.5) is 4.39 Å². The second-order valence-electron chi connectivity index (χ2n) is 7.96. The van der Waals surface area contributed by atoms with Crippen molar-refractivity contribution in [3.05, 3.63) is 69.9 Å². The molecule has 0 aliphatic heterocycles. The van der Waals surface area contributed by atoms with Gasteiger partial charge in [0, 0.05) is 19.5 Å². The standard InChI is InChI=1S/C23H26FN3O2/c1-15-13-17(9-10-19(15)24)18(16-7-8-16)14-22(28)25-11-4-12-27-21-6-3-2-5-20(21)26-23(27)29/h2-3,5-6,9-10,13,16,18H,4,7-8,11-12,14H2,1H3,(H,25,28)(H,26,29). The lowest BCUT2D eigenvalue weighted by Gasteiger charge is -2.17. The third-order valence-electron chi connectivity index (χ3n) is 5.77. The average molecular weight is 395 g/mol. The molecule has 1 fully saturated rings. The smallest absolute Gasteiger partial charge is 0.326 e. The third-order valence-corrected chi connectivity index (χ3v) is 5.77. The largest absolute Gasteiger partial charge is 0.356 e. The fraction of sp³-hybridized carbons (Fsp3) is 0.391. The van der Waals surface area contributed by atoms with Gasteiger partial charge in [-0.05, 0) is 67.3 Å². The number of H-pyrrole nitrogens is 1. The number of halogens is 1. The monoisotopic (exact) mass is 395 g/mol. The predicted octanol–water partition coefficient (Wildman–Crippen LogP) is 3.87. The Bertz CT molecular complexity index is 1080. The van der Waals surface area contributed by atoms with Gasteiger partial charge < -0.3 is 10.3 Å². The molecule has 6 heteroatoms. The van der Waals surface area contributed by atoms with Gasteiger partial charge in [-0.1, -0.05) is 24.3 Å². The molecule has 1 saturated carbocycles. The van der Waals surface area contributed by atoms with Crippen LogP contribution < -0.4 is 11.0 Å². The predicted molar refractivity (Wildman–Crippen MR) is 111 cm³/mol. The number of benzene rings is 2. The number of amides is 1. The molecule has 1 aliphatic carbocycles. The molecule has 0 saturated heterocycles. The number of hydrogen-bond donors (Lipinski definition) is 2. The number of carbonyl (C=O) groups is 1. The highest BCUT2D eigenvalue weighted by Crippen LogP contribution is 2.44. The lowest BCUT2D eigenvalue weighted by Crippen LogP contribution is -2.28. The zero-order valence-corrected chi connectivity index (χ0v) is 16.6. The fourth-order valence-corrected chi connectivity index (χ4v) is 4.02. The van der Waals surface area contributed by atoms with Gasteiger partial charge in [-0.2, -0.15) is 0 Å². The third kappa shape index (κ3) is 4.42.